The number of hydrogen-bond donors (Lipinski definition) is 2. The Kier molecular flexibility index (Phi) is 3.56. The first kappa shape index (κ1) is 13.6. The molecule has 0 bridgehead atoms. The molecule has 0 fully saturated rings. The molecular weight excluding hydrogens is 278 g/mol. The van der Waals surface area contributed by atoms with E-state index in [1.54, 1.807) is 0 Å². The zero-order chi connectivity index (χ0) is 14.3. The van der Waals surface area contributed by atoms with Crippen molar-refractivity contribution < 1.29 is 8.78 Å². The van der Waals surface area contributed by atoms with Crippen LogP contribution in [-0.2, 0) is 12.8 Å². The predicted octanol–water partition coefficient (Wildman–Crippen LogP) is 2.46. The van der Waals surface area contributed by atoms with Crippen molar-refractivity contribution in [2.75, 3.05) is 6.54 Å². The summed E-state index contributed by atoms with van der Waals surface area (Å²) >= 11 is 5.35. The van der Waals surface area contributed by atoms with E-state index in [0.29, 0.717) is 24.9 Å². The highest BCUT2D eigenvalue weighted by atomic mass is 32.1. The predicted molar refractivity (Wildman–Crippen MR) is 78.2 cm³/mol. The summed E-state index contributed by atoms with van der Waals surface area (Å²) in [6.07, 6.45) is 3.99. The van der Waals surface area contributed by atoms with Gasteiger partial charge in [0.2, 0.25) is 0 Å². The maximum Gasteiger partial charge on any atom is 0.129 e. The van der Waals surface area contributed by atoms with Gasteiger partial charge in [-0.1, -0.05) is 12.2 Å². The molecule has 1 aliphatic heterocycles. The fourth-order valence-electron chi connectivity index (χ4n) is 3.33. The second-order valence-electron chi connectivity index (χ2n) is 5.44. The summed E-state index contributed by atoms with van der Waals surface area (Å²) in [5, 5.41) is 3.06. The monoisotopic (exact) mass is 294 g/mol. The van der Waals surface area contributed by atoms with E-state index in [0.717, 1.165) is 28.6 Å². The van der Waals surface area contributed by atoms with Crippen LogP contribution in [0.2, 0.25) is 0 Å². The van der Waals surface area contributed by atoms with Gasteiger partial charge in [-0.05, 0) is 47.9 Å². The van der Waals surface area contributed by atoms with Gasteiger partial charge in [0.1, 0.15) is 11.6 Å². The third kappa shape index (κ3) is 2.25. The Hall–Kier alpha value is -1.33. The second kappa shape index (κ2) is 5.22. The Morgan fingerprint density at radius 3 is 2.90 bits per heavy atom. The molecule has 0 aromatic heterocycles. The zero-order valence-electron chi connectivity index (χ0n) is 11.0. The van der Waals surface area contributed by atoms with Crippen LogP contribution in [0.3, 0.4) is 0 Å². The molecule has 0 radical (unpaired) electrons. The van der Waals surface area contributed by atoms with Gasteiger partial charge in [-0.3, -0.25) is 0 Å². The van der Waals surface area contributed by atoms with Crippen molar-refractivity contribution in [3.63, 3.8) is 0 Å². The number of benzene rings is 1. The molecule has 1 aromatic rings. The van der Waals surface area contributed by atoms with Gasteiger partial charge in [0.25, 0.3) is 0 Å². The average Bonchev–Trinajstić information content (AvgIpc) is 2.78. The highest BCUT2D eigenvalue weighted by Gasteiger charge is 2.34. The number of fused-ring (bicyclic) bond motifs is 1. The largest absolute Gasteiger partial charge is 0.356 e. The van der Waals surface area contributed by atoms with Crippen LogP contribution in [0.25, 0.3) is 0 Å². The van der Waals surface area contributed by atoms with Crippen molar-refractivity contribution in [3.05, 3.63) is 46.7 Å². The van der Waals surface area contributed by atoms with Crippen LogP contribution in [0.5, 0.6) is 0 Å². The number of nitrogens with one attached hydrogen (secondary N) is 1. The van der Waals surface area contributed by atoms with Crippen molar-refractivity contribution in [2.24, 2.45) is 17.6 Å². The Bertz CT molecular complexity index is 598. The van der Waals surface area contributed by atoms with Crippen LogP contribution in [0.15, 0.2) is 23.9 Å². The van der Waals surface area contributed by atoms with E-state index >= 15 is 0 Å². The summed E-state index contributed by atoms with van der Waals surface area (Å²) in [4.78, 5) is 0.774. The molecule has 1 unspecified atom stereocenters. The van der Waals surface area contributed by atoms with E-state index < -0.39 is 11.6 Å². The zero-order valence-corrected chi connectivity index (χ0v) is 11.8. The molecule has 2 aliphatic rings. The molecule has 1 heterocycles. The topological polar surface area (TPSA) is 38.0 Å². The molecule has 1 aromatic carbocycles. The first-order valence-corrected chi connectivity index (χ1v) is 7.17. The number of halogens is 2. The summed E-state index contributed by atoms with van der Waals surface area (Å²) in [6.45, 7) is 0.457. The van der Waals surface area contributed by atoms with Crippen LogP contribution in [0, 0.1) is 23.5 Å². The summed E-state index contributed by atoms with van der Waals surface area (Å²) in [5.41, 5.74) is 8.25. The lowest BCUT2D eigenvalue weighted by atomic mass is 9.75. The quantitative estimate of drug-likeness (QED) is 0.823. The van der Waals surface area contributed by atoms with Crippen LogP contribution in [0.1, 0.15) is 17.5 Å². The third-order valence-electron chi connectivity index (χ3n) is 4.29. The summed E-state index contributed by atoms with van der Waals surface area (Å²) in [7, 11) is 0. The highest BCUT2D eigenvalue weighted by Crippen LogP contribution is 2.36. The fourth-order valence-corrected chi connectivity index (χ4v) is 3.73. The van der Waals surface area contributed by atoms with Crippen LogP contribution < -0.4 is 11.1 Å². The summed E-state index contributed by atoms with van der Waals surface area (Å²) in [5.74, 6) is -0.570. The van der Waals surface area contributed by atoms with E-state index in [1.165, 1.54) is 6.07 Å². The fraction of sp³-hybridized carbons (Fsp3) is 0.400. The van der Waals surface area contributed by atoms with Gasteiger partial charge in [0, 0.05) is 24.7 Å². The minimum absolute atomic E-state index is 0.106. The highest BCUT2D eigenvalue weighted by molar-refractivity contribution is 7.80. The molecule has 2 nitrogen and oxygen atoms in total. The van der Waals surface area contributed by atoms with Gasteiger partial charge in [0.15, 0.2) is 0 Å². The molecule has 1 aliphatic carbocycles. The average molecular weight is 294 g/mol. The van der Waals surface area contributed by atoms with E-state index in [1.807, 2.05) is 6.20 Å². The molecule has 0 saturated heterocycles. The Morgan fingerprint density at radius 1 is 1.35 bits per heavy atom. The number of hydrogen-bond acceptors (Lipinski definition) is 2. The number of nitrogens with two attached hydrogens (primary N) is 1. The molecule has 3 rings (SSSR count). The molecule has 2 atom stereocenters. The first-order chi connectivity index (χ1) is 9.60. The lowest BCUT2D eigenvalue weighted by Gasteiger charge is -2.30. The minimum Gasteiger partial charge on any atom is -0.356 e. The van der Waals surface area contributed by atoms with Gasteiger partial charge >= 0.3 is 0 Å². The van der Waals surface area contributed by atoms with E-state index in [2.05, 4.69) is 5.32 Å². The minimum atomic E-state index is -0.511. The van der Waals surface area contributed by atoms with Gasteiger partial charge in [-0.2, -0.15) is 0 Å². The van der Waals surface area contributed by atoms with Gasteiger partial charge in [0.05, 0.1) is 4.99 Å². The standard InChI is InChI=1S/C15H16F2N2S/c16-11-4-9-3-8(1-2-12(9)13(17)5-11)14-10(6-18)7-19-15(14)20/h4-5,7-8,14H,1-3,6,18H2,(H,19,20)/t8-,14?/m0/s1. The van der Waals surface area contributed by atoms with Crippen molar-refractivity contribution in [1.82, 2.24) is 5.32 Å². The maximum absolute atomic E-state index is 13.7. The van der Waals surface area contributed by atoms with Crippen LogP contribution in [0.4, 0.5) is 8.78 Å². The first-order valence-electron chi connectivity index (χ1n) is 6.76. The van der Waals surface area contributed by atoms with Gasteiger partial charge < -0.3 is 11.1 Å². The van der Waals surface area contributed by atoms with E-state index in [4.69, 9.17) is 18.0 Å². The van der Waals surface area contributed by atoms with Crippen molar-refractivity contribution in [1.29, 1.82) is 0 Å². The van der Waals surface area contributed by atoms with Gasteiger partial charge in [-0.25, -0.2) is 8.78 Å². The van der Waals surface area contributed by atoms with Crippen molar-refractivity contribution in [2.45, 2.75) is 19.3 Å². The third-order valence-corrected chi connectivity index (χ3v) is 4.66. The molecule has 20 heavy (non-hydrogen) atoms. The maximum atomic E-state index is 13.7. The van der Waals surface area contributed by atoms with E-state index in [9.17, 15) is 8.78 Å². The molecule has 0 amide bonds. The van der Waals surface area contributed by atoms with Gasteiger partial charge in [-0.15, -0.1) is 0 Å². The molecule has 0 spiro atoms. The van der Waals surface area contributed by atoms with Crippen molar-refractivity contribution in [3.8, 4) is 0 Å². The molecular formula is C15H16F2N2S. The lowest BCUT2D eigenvalue weighted by molar-refractivity contribution is 0.395. The Balaban J connectivity index is 1.89. The van der Waals surface area contributed by atoms with Crippen LogP contribution >= 0.6 is 12.2 Å². The van der Waals surface area contributed by atoms with E-state index in [-0.39, 0.29) is 11.8 Å². The van der Waals surface area contributed by atoms with Crippen molar-refractivity contribution >= 4 is 17.2 Å². The summed E-state index contributed by atoms with van der Waals surface area (Å²) in [6, 6.07) is 2.41. The Labute approximate surface area is 122 Å². The normalized spacial score (nSPS) is 25.1. The smallest absolute Gasteiger partial charge is 0.129 e. The molecule has 106 valence electrons. The molecule has 0 saturated carbocycles. The molecule has 5 heteroatoms. The Morgan fingerprint density at radius 2 is 2.15 bits per heavy atom. The number of thiocarbonyl (C=S) groups is 1. The second-order valence-corrected chi connectivity index (χ2v) is 5.88. The number of rotatable bonds is 2. The van der Waals surface area contributed by atoms with Crippen LogP contribution in [-0.4, -0.2) is 11.5 Å². The SMILES string of the molecule is NCC1=CNC(=S)C1[C@H]1CCc2c(F)cc(F)cc2C1. The molecule has 3 N–H and O–H groups in total. The lowest BCUT2D eigenvalue weighted by Crippen LogP contribution is -2.31. The summed E-state index contributed by atoms with van der Waals surface area (Å²) < 4.78 is 27.1.